The zero-order valence-electron chi connectivity index (χ0n) is 12.9. The second kappa shape index (κ2) is 6.41. The summed E-state index contributed by atoms with van der Waals surface area (Å²) in [7, 11) is 1.42. The normalized spacial score (nSPS) is 16.7. The standard InChI is InChI=1S/C17H16N4O3/c1-21-15(22)14(20-17(21)24)11-6-5-9-13(10-11)19-16(23)18-12-7-3-2-4-8-12/h2-10,14H,1H3,(H,20,24)(H2,18,19,23). The van der Waals surface area contributed by atoms with Crippen molar-refractivity contribution < 1.29 is 14.4 Å². The molecule has 24 heavy (non-hydrogen) atoms. The highest BCUT2D eigenvalue weighted by molar-refractivity contribution is 6.04. The Bertz CT molecular complexity index is 791. The Kier molecular flexibility index (Phi) is 4.15. The Hall–Kier alpha value is -3.35. The minimum atomic E-state index is -0.735. The first kappa shape index (κ1) is 15.5. The largest absolute Gasteiger partial charge is 0.324 e. The number of nitrogens with zero attached hydrogens (tertiary/aromatic N) is 1. The maximum absolute atomic E-state index is 12.0. The van der Waals surface area contributed by atoms with Crippen molar-refractivity contribution in [3.8, 4) is 0 Å². The molecule has 7 nitrogen and oxygen atoms in total. The molecule has 122 valence electrons. The molecule has 0 bridgehead atoms. The highest BCUT2D eigenvalue weighted by atomic mass is 16.2. The molecule has 1 heterocycles. The van der Waals surface area contributed by atoms with Gasteiger partial charge in [-0.1, -0.05) is 30.3 Å². The van der Waals surface area contributed by atoms with E-state index in [1.165, 1.54) is 7.05 Å². The van der Waals surface area contributed by atoms with Crippen LogP contribution in [0.15, 0.2) is 54.6 Å². The first-order chi connectivity index (χ1) is 11.5. The lowest BCUT2D eigenvalue weighted by atomic mass is 10.1. The van der Waals surface area contributed by atoms with Gasteiger partial charge in [-0.25, -0.2) is 9.59 Å². The number of rotatable bonds is 3. The van der Waals surface area contributed by atoms with Gasteiger partial charge in [0.1, 0.15) is 6.04 Å². The van der Waals surface area contributed by atoms with Gasteiger partial charge in [-0.05, 0) is 29.8 Å². The molecule has 1 aliphatic heterocycles. The summed E-state index contributed by atoms with van der Waals surface area (Å²) in [5.74, 6) is -0.328. The third-order valence-electron chi connectivity index (χ3n) is 3.66. The number of likely N-dealkylation sites (N-methyl/N-ethyl adjacent to an activating group) is 1. The van der Waals surface area contributed by atoms with Gasteiger partial charge in [0.05, 0.1) is 0 Å². The molecule has 2 aromatic carbocycles. The highest BCUT2D eigenvalue weighted by Gasteiger charge is 2.36. The number of urea groups is 2. The molecule has 1 saturated heterocycles. The first-order valence-corrected chi connectivity index (χ1v) is 7.35. The van der Waals surface area contributed by atoms with E-state index < -0.39 is 18.1 Å². The van der Waals surface area contributed by atoms with Gasteiger partial charge in [-0.2, -0.15) is 0 Å². The van der Waals surface area contributed by atoms with Crippen molar-refractivity contribution in [3.63, 3.8) is 0 Å². The topological polar surface area (TPSA) is 90.5 Å². The summed E-state index contributed by atoms with van der Waals surface area (Å²) >= 11 is 0. The molecule has 0 aromatic heterocycles. The molecule has 0 saturated carbocycles. The molecular weight excluding hydrogens is 308 g/mol. The van der Waals surface area contributed by atoms with Crippen LogP contribution in [0.5, 0.6) is 0 Å². The van der Waals surface area contributed by atoms with Gasteiger partial charge in [0.2, 0.25) is 0 Å². The fraction of sp³-hybridized carbons (Fsp3) is 0.118. The molecule has 0 spiro atoms. The van der Waals surface area contributed by atoms with Crippen LogP contribution in [0.3, 0.4) is 0 Å². The maximum atomic E-state index is 12.0. The quantitative estimate of drug-likeness (QED) is 0.758. The Labute approximate surface area is 138 Å². The lowest BCUT2D eigenvalue weighted by Crippen LogP contribution is -2.25. The molecule has 1 fully saturated rings. The minimum absolute atomic E-state index is 0.328. The van der Waals surface area contributed by atoms with E-state index in [4.69, 9.17) is 0 Å². The van der Waals surface area contributed by atoms with Crippen molar-refractivity contribution in [2.75, 3.05) is 17.7 Å². The SMILES string of the molecule is CN1C(=O)NC(c2cccc(NC(=O)Nc3ccccc3)c2)C1=O. The monoisotopic (exact) mass is 324 g/mol. The van der Waals surface area contributed by atoms with E-state index >= 15 is 0 Å². The summed E-state index contributed by atoms with van der Waals surface area (Å²) < 4.78 is 0. The average Bonchev–Trinajstić information content (AvgIpc) is 2.83. The lowest BCUT2D eigenvalue weighted by Gasteiger charge is -2.12. The molecule has 7 heteroatoms. The van der Waals surface area contributed by atoms with E-state index in [2.05, 4.69) is 16.0 Å². The Morgan fingerprint density at radius 3 is 2.33 bits per heavy atom. The van der Waals surface area contributed by atoms with E-state index in [9.17, 15) is 14.4 Å². The van der Waals surface area contributed by atoms with Crippen LogP contribution in [0.4, 0.5) is 21.0 Å². The predicted molar refractivity (Wildman–Crippen MR) is 89.6 cm³/mol. The fourth-order valence-corrected chi connectivity index (χ4v) is 2.41. The number of benzene rings is 2. The molecule has 1 atom stereocenters. The molecule has 3 rings (SSSR count). The summed E-state index contributed by atoms with van der Waals surface area (Å²) in [6, 6.07) is 14.3. The zero-order chi connectivity index (χ0) is 17.1. The number of carbonyl (C=O) groups is 3. The van der Waals surface area contributed by atoms with Gasteiger partial charge in [-0.3, -0.25) is 9.69 Å². The van der Waals surface area contributed by atoms with Crippen LogP contribution >= 0.6 is 0 Å². The molecule has 1 unspecified atom stereocenters. The smallest absolute Gasteiger partial charge is 0.322 e. The summed E-state index contributed by atoms with van der Waals surface area (Å²) in [6.07, 6.45) is 0. The number of nitrogens with one attached hydrogen (secondary N) is 3. The van der Waals surface area contributed by atoms with Crippen molar-refractivity contribution in [1.82, 2.24) is 10.2 Å². The zero-order valence-corrected chi connectivity index (χ0v) is 12.9. The predicted octanol–water partition coefficient (Wildman–Crippen LogP) is 2.55. The van der Waals surface area contributed by atoms with Crippen LogP contribution in [-0.4, -0.2) is 29.9 Å². The molecular formula is C17H16N4O3. The van der Waals surface area contributed by atoms with Gasteiger partial charge >= 0.3 is 12.1 Å². The van der Waals surface area contributed by atoms with E-state index in [0.717, 1.165) is 4.90 Å². The fourth-order valence-electron chi connectivity index (χ4n) is 2.41. The number of amides is 5. The molecule has 5 amide bonds. The Morgan fingerprint density at radius 2 is 1.67 bits per heavy atom. The van der Waals surface area contributed by atoms with Crippen molar-refractivity contribution in [2.45, 2.75) is 6.04 Å². The molecule has 3 N–H and O–H groups in total. The third kappa shape index (κ3) is 3.19. The van der Waals surface area contributed by atoms with Crippen LogP contribution in [0.25, 0.3) is 0 Å². The third-order valence-corrected chi connectivity index (χ3v) is 3.66. The van der Waals surface area contributed by atoms with Crippen LogP contribution in [0, 0.1) is 0 Å². The van der Waals surface area contributed by atoms with Crippen molar-refractivity contribution in [3.05, 3.63) is 60.2 Å². The van der Waals surface area contributed by atoms with Crippen LogP contribution in [0.2, 0.25) is 0 Å². The Morgan fingerprint density at radius 1 is 1.00 bits per heavy atom. The summed E-state index contributed by atoms with van der Waals surface area (Å²) in [5.41, 5.74) is 1.80. The maximum Gasteiger partial charge on any atom is 0.324 e. The molecule has 0 aliphatic carbocycles. The van der Waals surface area contributed by atoms with Gasteiger partial charge < -0.3 is 16.0 Å². The summed E-state index contributed by atoms with van der Waals surface area (Å²) in [4.78, 5) is 36.6. The number of carbonyl (C=O) groups excluding carboxylic acids is 3. The van der Waals surface area contributed by atoms with Crippen LogP contribution < -0.4 is 16.0 Å². The van der Waals surface area contributed by atoms with Crippen molar-refractivity contribution >= 4 is 29.3 Å². The summed E-state index contributed by atoms with van der Waals surface area (Å²) in [5, 5.41) is 8.01. The molecule has 0 radical (unpaired) electrons. The van der Waals surface area contributed by atoms with Gasteiger partial charge in [0.15, 0.2) is 0 Å². The van der Waals surface area contributed by atoms with Crippen molar-refractivity contribution in [2.24, 2.45) is 0 Å². The summed E-state index contributed by atoms with van der Waals surface area (Å²) in [6.45, 7) is 0. The van der Waals surface area contributed by atoms with E-state index in [-0.39, 0.29) is 5.91 Å². The van der Waals surface area contributed by atoms with Gasteiger partial charge in [0.25, 0.3) is 5.91 Å². The van der Waals surface area contributed by atoms with Gasteiger partial charge in [0, 0.05) is 18.4 Å². The second-order valence-electron chi connectivity index (χ2n) is 5.35. The molecule has 2 aromatic rings. The Balaban J connectivity index is 1.71. The van der Waals surface area contributed by atoms with E-state index in [1.54, 1.807) is 36.4 Å². The van der Waals surface area contributed by atoms with Crippen LogP contribution in [-0.2, 0) is 4.79 Å². The van der Waals surface area contributed by atoms with Crippen molar-refractivity contribution in [1.29, 1.82) is 0 Å². The molecule has 1 aliphatic rings. The number of imide groups is 1. The minimum Gasteiger partial charge on any atom is -0.322 e. The lowest BCUT2D eigenvalue weighted by molar-refractivity contribution is -0.126. The average molecular weight is 324 g/mol. The number of anilines is 2. The number of para-hydroxylation sites is 1. The van der Waals surface area contributed by atoms with E-state index in [0.29, 0.717) is 16.9 Å². The van der Waals surface area contributed by atoms with E-state index in [1.807, 2.05) is 18.2 Å². The number of hydrogen-bond donors (Lipinski definition) is 3. The number of hydrogen-bond acceptors (Lipinski definition) is 3. The highest BCUT2D eigenvalue weighted by Crippen LogP contribution is 2.23. The second-order valence-corrected chi connectivity index (χ2v) is 5.35. The first-order valence-electron chi connectivity index (χ1n) is 7.35. The van der Waals surface area contributed by atoms with Crippen LogP contribution in [0.1, 0.15) is 11.6 Å². The van der Waals surface area contributed by atoms with Gasteiger partial charge in [-0.15, -0.1) is 0 Å².